The van der Waals surface area contributed by atoms with Crippen LogP contribution in [0.5, 0.6) is 0 Å². The number of nitrogens with one attached hydrogen (secondary N) is 1. The fourth-order valence-electron chi connectivity index (χ4n) is 2.39. The molecule has 2 N–H and O–H groups in total. The van der Waals surface area contributed by atoms with Crippen LogP contribution in [-0.2, 0) is 16.0 Å². The molecule has 2 rings (SSSR count). The second kappa shape index (κ2) is 5.03. The van der Waals surface area contributed by atoms with Crippen LogP contribution in [-0.4, -0.2) is 17.0 Å². The van der Waals surface area contributed by atoms with Crippen molar-refractivity contribution in [1.82, 2.24) is 0 Å². The minimum absolute atomic E-state index is 0.00203. The lowest BCUT2D eigenvalue weighted by molar-refractivity contribution is -0.136. The van der Waals surface area contributed by atoms with E-state index in [4.69, 9.17) is 5.11 Å². The number of carbonyl (C=O) groups excluding carboxylic acids is 1. The first kappa shape index (κ1) is 13.6. The molecule has 19 heavy (non-hydrogen) atoms. The number of aliphatic carboxylic acids is 1. The third-order valence-electron chi connectivity index (χ3n) is 4.09. The smallest absolute Gasteiger partial charge is 0.307 e. The zero-order chi connectivity index (χ0) is 14.0. The molecular formula is C15H19NO3. The highest BCUT2D eigenvalue weighted by molar-refractivity contribution is 5.96. The summed E-state index contributed by atoms with van der Waals surface area (Å²) in [4.78, 5) is 22.9. The number of para-hydroxylation sites is 1. The molecule has 0 radical (unpaired) electrons. The summed E-state index contributed by atoms with van der Waals surface area (Å²) in [5.74, 6) is -0.843. The normalized spacial score (nSPS) is 24.8. The first-order valence-corrected chi connectivity index (χ1v) is 6.57. The number of anilines is 1. The highest BCUT2D eigenvalue weighted by atomic mass is 16.4. The van der Waals surface area contributed by atoms with Crippen LogP contribution in [0.1, 0.15) is 32.3 Å². The van der Waals surface area contributed by atoms with Gasteiger partial charge >= 0.3 is 5.97 Å². The second-order valence-corrected chi connectivity index (χ2v) is 5.48. The van der Waals surface area contributed by atoms with E-state index in [0.717, 1.165) is 12.8 Å². The Morgan fingerprint density at radius 2 is 2.11 bits per heavy atom. The summed E-state index contributed by atoms with van der Waals surface area (Å²) in [6, 6.07) is 7.06. The van der Waals surface area contributed by atoms with Gasteiger partial charge in [-0.25, -0.2) is 0 Å². The second-order valence-electron chi connectivity index (χ2n) is 5.48. The van der Waals surface area contributed by atoms with Gasteiger partial charge in [0.1, 0.15) is 0 Å². The van der Waals surface area contributed by atoms with Gasteiger partial charge in [0.15, 0.2) is 0 Å². The predicted octanol–water partition coefficient (Wildman–Crippen LogP) is 2.69. The molecule has 0 spiro atoms. The Labute approximate surface area is 112 Å². The van der Waals surface area contributed by atoms with Crippen LogP contribution in [0.15, 0.2) is 24.3 Å². The zero-order valence-electron chi connectivity index (χ0n) is 11.3. The van der Waals surface area contributed by atoms with Crippen molar-refractivity contribution in [1.29, 1.82) is 0 Å². The molecule has 1 aliphatic rings. The van der Waals surface area contributed by atoms with E-state index < -0.39 is 5.97 Å². The maximum atomic E-state index is 12.1. The summed E-state index contributed by atoms with van der Waals surface area (Å²) >= 11 is 0. The van der Waals surface area contributed by atoms with Crippen molar-refractivity contribution < 1.29 is 14.7 Å². The monoisotopic (exact) mass is 261 g/mol. The summed E-state index contributed by atoms with van der Waals surface area (Å²) in [7, 11) is 0. The lowest BCUT2D eigenvalue weighted by Crippen LogP contribution is -2.18. The standard InChI is InChI=1S/C15H19NO3/c1-3-15(2)9-11(15)14(19)16-12-7-5-4-6-10(12)8-13(17)18/h4-7,11H,3,8-9H2,1-2H3,(H,16,19)(H,17,18). The van der Waals surface area contributed by atoms with Crippen LogP contribution in [0.3, 0.4) is 0 Å². The molecule has 4 heteroatoms. The van der Waals surface area contributed by atoms with Crippen LogP contribution in [0.25, 0.3) is 0 Å². The molecule has 2 atom stereocenters. The van der Waals surface area contributed by atoms with E-state index in [1.165, 1.54) is 0 Å². The molecule has 0 bridgehead atoms. The number of hydrogen-bond acceptors (Lipinski definition) is 2. The summed E-state index contributed by atoms with van der Waals surface area (Å²) in [6.45, 7) is 4.20. The molecule has 1 aromatic rings. The Morgan fingerprint density at radius 3 is 2.68 bits per heavy atom. The van der Waals surface area contributed by atoms with Crippen LogP contribution in [0.4, 0.5) is 5.69 Å². The molecule has 2 unspecified atom stereocenters. The van der Waals surface area contributed by atoms with Gasteiger partial charge in [-0.05, 0) is 29.9 Å². The van der Waals surface area contributed by atoms with Gasteiger partial charge < -0.3 is 10.4 Å². The maximum Gasteiger partial charge on any atom is 0.307 e. The average molecular weight is 261 g/mol. The van der Waals surface area contributed by atoms with Gasteiger partial charge in [0.05, 0.1) is 6.42 Å². The number of carboxylic acids is 1. The zero-order valence-corrected chi connectivity index (χ0v) is 11.3. The largest absolute Gasteiger partial charge is 0.481 e. The van der Waals surface area contributed by atoms with E-state index in [0.29, 0.717) is 11.3 Å². The topological polar surface area (TPSA) is 66.4 Å². The Balaban J connectivity index is 2.07. The number of rotatable bonds is 5. The lowest BCUT2D eigenvalue weighted by Gasteiger charge is -2.11. The number of benzene rings is 1. The van der Waals surface area contributed by atoms with Crippen LogP contribution < -0.4 is 5.32 Å². The molecule has 0 aromatic heterocycles. The highest BCUT2D eigenvalue weighted by Gasteiger charge is 2.52. The Hall–Kier alpha value is -1.84. The molecule has 102 valence electrons. The maximum absolute atomic E-state index is 12.1. The first-order chi connectivity index (χ1) is 8.96. The van der Waals surface area contributed by atoms with Crippen LogP contribution in [0, 0.1) is 11.3 Å². The minimum Gasteiger partial charge on any atom is -0.481 e. The molecule has 1 fully saturated rings. The Bertz CT molecular complexity index is 512. The number of hydrogen-bond donors (Lipinski definition) is 2. The van der Waals surface area contributed by atoms with E-state index in [2.05, 4.69) is 19.2 Å². The van der Waals surface area contributed by atoms with Gasteiger partial charge in [-0.2, -0.15) is 0 Å². The van der Waals surface area contributed by atoms with Gasteiger partial charge in [0.25, 0.3) is 0 Å². The van der Waals surface area contributed by atoms with Gasteiger partial charge in [-0.3, -0.25) is 9.59 Å². The number of amides is 1. The van der Waals surface area contributed by atoms with Crippen molar-refractivity contribution in [2.24, 2.45) is 11.3 Å². The fraction of sp³-hybridized carbons (Fsp3) is 0.467. The van der Waals surface area contributed by atoms with E-state index in [1.54, 1.807) is 24.3 Å². The highest BCUT2D eigenvalue weighted by Crippen LogP contribution is 2.55. The quantitative estimate of drug-likeness (QED) is 0.856. The molecule has 4 nitrogen and oxygen atoms in total. The van der Waals surface area contributed by atoms with Gasteiger partial charge in [-0.15, -0.1) is 0 Å². The number of carbonyl (C=O) groups is 2. The van der Waals surface area contributed by atoms with E-state index in [1.807, 2.05) is 0 Å². The number of carboxylic acid groups (broad SMARTS) is 1. The molecule has 0 aliphatic heterocycles. The van der Waals surface area contributed by atoms with E-state index in [9.17, 15) is 9.59 Å². The molecule has 1 saturated carbocycles. The van der Waals surface area contributed by atoms with Gasteiger partial charge in [0.2, 0.25) is 5.91 Å². The van der Waals surface area contributed by atoms with Crippen molar-refractivity contribution in [3.05, 3.63) is 29.8 Å². The van der Waals surface area contributed by atoms with Crippen molar-refractivity contribution in [2.75, 3.05) is 5.32 Å². The first-order valence-electron chi connectivity index (χ1n) is 6.57. The van der Waals surface area contributed by atoms with Crippen LogP contribution in [0.2, 0.25) is 0 Å². The summed E-state index contributed by atoms with van der Waals surface area (Å²) in [5, 5.41) is 11.7. The fourth-order valence-corrected chi connectivity index (χ4v) is 2.39. The average Bonchev–Trinajstić information content (AvgIpc) is 3.04. The third-order valence-corrected chi connectivity index (χ3v) is 4.09. The predicted molar refractivity (Wildman–Crippen MR) is 72.9 cm³/mol. The SMILES string of the molecule is CCC1(C)CC1C(=O)Nc1ccccc1CC(=O)O. The minimum atomic E-state index is -0.897. The van der Waals surface area contributed by atoms with Crippen molar-refractivity contribution >= 4 is 17.6 Å². The van der Waals surface area contributed by atoms with E-state index >= 15 is 0 Å². The van der Waals surface area contributed by atoms with Crippen molar-refractivity contribution in [2.45, 2.75) is 33.1 Å². The molecular weight excluding hydrogens is 242 g/mol. The Kier molecular flexibility index (Phi) is 3.60. The Morgan fingerprint density at radius 1 is 1.42 bits per heavy atom. The lowest BCUT2D eigenvalue weighted by atomic mass is 10.0. The summed E-state index contributed by atoms with van der Waals surface area (Å²) in [6.07, 6.45) is 1.82. The molecule has 1 aliphatic carbocycles. The molecule has 1 amide bonds. The summed E-state index contributed by atoms with van der Waals surface area (Å²) < 4.78 is 0. The van der Waals surface area contributed by atoms with Crippen LogP contribution >= 0.6 is 0 Å². The van der Waals surface area contributed by atoms with Crippen molar-refractivity contribution in [3.63, 3.8) is 0 Å². The molecule has 1 aromatic carbocycles. The molecule has 0 saturated heterocycles. The van der Waals surface area contributed by atoms with Crippen molar-refractivity contribution in [3.8, 4) is 0 Å². The summed E-state index contributed by atoms with van der Waals surface area (Å²) in [5.41, 5.74) is 1.37. The van der Waals surface area contributed by atoms with E-state index in [-0.39, 0.29) is 23.7 Å². The molecule has 0 heterocycles. The van der Waals surface area contributed by atoms with Gasteiger partial charge in [0, 0.05) is 11.6 Å². The third kappa shape index (κ3) is 2.95. The van der Waals surface area contributed by atoms with Gasteiger partial charge in [-0.1, -0.05) is 32.0 Å².